The van der Waals surface area contributed by atoms with Gasteiger partial charge in [-0.15, -0.1) is 0 Å². The Morgan fingerprint density at radius 3 is 2.53 bits per heavy atom. The van der Waals surface area contributed by atoms with Crippen LogP contribution in [0.3, 0.4) is 0 Å². The summed E-state index contributed by atoms with van der Waals surface area (Å²) in [7, 11) is 1.35. The molecule has 0 unspecified atom stereocenters. The lowest BCUT2D eigenvalue weighted by atomic mass is 10.0. The van der Waals surface area contributed by atoms with E-state index < -0.39 is 0 Å². The SMILES string of the molecule is COC(=O)c1ccc(-c2ccc(/C=C3/C(=O)N(c4ccccc4)N=C3C)o2)c(C)c1. The molecule has 1 amide bonds. The van der Waals surface area contributed by atoms with Gasteiger partial charge in [0.25, 0.3) is 5.91 Å². The third kappa shape index (κ3) is 3.55. The van der Waals surface area contributed by atoms with Crippen LogP contribution in [0, 0.1) is 6.92 Å². The third-order valence-electron chi connectivity index (χ3n) is 4.89. The number of hydrogen-bond acceptors (Lipinski definition) is 5. The van der Waals surface area contributed by atoms with E-state index in [1.807, 2.05) is 55.5 Å². The van der Waals surface area contributed by atoms with Gasteiger partial charge < -0.3 is 9.15 Å². The van der Waals surface area contributed by atoms with Crippen molar-refractivity contribution in [3.8, 4) is 11.3 Å². The van der Waals surface area contributed by atoms with Crippen LogP contribution >= 0.6 is 0 Å². The minimum Gasteiger partial charge on any atom is -0.465 e. The van der Waals surface area contributed by atoms with E-state index in [-0.39, 0.29) is 11.9 Å². The van der Waals surface area contributed by atoms with E-state index in [1.165, 1.54) is 12.1 Å². The zero-order valence-corrected chi connectivity index (χ0v) is 16.9. The van der Waals surface area contributed by atoms with E-state index in [4.69, 9.17) is 9.15 Å². The molecule has 1 aliphatic heterocycles. The van der Waals surface area contributed by atoms with Gasteiger partial charge >= 0.3 is 5.97 Å². The molecule has 30 heavy (non-hydrogen) atoms. The maximum absolute atomic E-state index is 12.8. The molecule has 6 nitrogen and oxygen atoms in total. The number of benzene rings is 2. The highest BCUT2D eigenvalue weighted by Crippen LogP contribution is 2.29. The van der Waals surface area contributed by atoms with Crippen LogP contribution in [0.25, 0.3) is 17.4 Å². The van der Waals surface area contributed by atoms with Crippen molar-refractivity contribution in [3.63, 3.8) is 0 Å². The molecule has 150 valence electrons. The van der Waals surface area contributed by atoms with Gasteiger partial charge in [0.05, 0.1) is 29.6 Å². The normalized spacial score (nSPS) is 14.9. The Bertz CT molecular complexity index is 1190. The molecule has 4 rings (SSSR count). The molecule has 2 heterocycles. The van der Waals surface area contributed by atoms with Crippen LogP contribution in [0.15, 0.2) is 75.8 Å². The quantitative estimate of drug-likeness (QED) is 0.464. The van der Waals surface area contributed by atoms with Gasteiger partial charge in [-0.1, -0.05) is 24.3 Å². The number of ether oxygens (including phenoxy) is 1. The summed E-state index contributed by atoms with van der Waals surface area (Å²) in [5, 5.41) is 5.77. The number of para-hydroxylation sites is 1. The highest BCUT2D eigenvalue weighted by molar-refractivity contribution is 6.32. The summed E-state index contributed by atoms with van der Waals surface area (Å²) >= 11 is 0. The summed E-state index contributed by atoms with van der Waals surface area (Å²) in [6, 6.07) is 18.2. The minimum absolute atomic E-state index is 0.199. The number of hydrazone groups is 1. The van der Waals surface area contributed by atoms with Crippen LogP contribution in [0.1, 0.15) is 28.6 Å². The van der Waals surface area contributed by atoms with Crippen LogP contribution < -0.4 is 5.01 Å². The molecule has 1 aliphatic rings. The molecular formula is C24H20N2O4. The number of carbonyl (C=O) groups is 2. The third-order valence-corrected chi connectivity index (χ3v) is 4.89. The molecular weight excluding hydrogens is 380 g/mol. The lowest BCUT2D eigenvalue weighted by Crippen LogP contribution is -2.21. The van der Waals surface area contributed by atoms with Crippen molar-refractivity contribution < 1.29 is 18.7 Å². The molecule has 0 fully saturated rings. The average Bonchev–Trinajstić information content (AvgIpc) is 3.33. The molecule has 0 saturated carbocycles. The number of esters is 1. The number of nitrogens with zero attached hydrogens (tertiary/aromatic N) is 2. The Morgan fingerprint density at radius 1 is 1.07 bits per heavy atom. The van der Waals surface area contributed by atoms with E-state index in [0.29, 0.717) is 34.1 Å². The number of amides is 1. The van der Waals surface area contributed by atoms with Crippen molar-refractivity contribution in [2.24, 2.45) is 5.10 Å². The molecule has 0 atom stereocenters. The lowest BCUT2D eigenvalue weighted by Gasteiger charge is -2.10. The van der Waals surface area contributed by atoms with Crippen molar-refractivity contribution >= 4 is 29.4 Å². The predicted octanol–water partition coefficient (Wildman–Crippen LogP) is 4.85. The number of anilines is 1. The van der Waals surface area contributed by atoms with Crippen LogP contribution in [0.5, 0.6) is 0 Å². The first-order valence-electron chi connectivity index (χ1n) is 9.44. The topological polar surface area (TPSA) is 72.1 Å². The summed E-state index contributed by atoms with van der Waals surface area (Å²) in [6.07, 6.45) is 1.70. The molecule has 0 N–H and O–H groups in total. The van der Waals surface area contributed by atoms with Gasteiger partial charge in [-0.05, 0) is 61.9 Å². The second kappa shape index (κ2) is 7.83. The minimum atomic E-state index is -0.382. The maximum Gasteiger partial charge on any atom is 0.337 e. The molecule has 3 aromatic rings. The van der Waals surface area contributed by atoms with Gasteiger partial charge in [-0.25, -0.2) is 4.79 Å². The van der Waals surface area contributed by atoms with Crippen LogP contribution in [-0.4, -0.2) is 24.7 Å². The second-order valence-electron chi connectivity index (χ2n) is 6.92. The van der Waals surface area contributed by atoms with Gasteiger partial charge in [0, 0.05) is 5.56 Å². The molecule has 6 heteroatoms. The average molecular weight is 400 g/mol. The molecule has 0 radical (unpaired) electrons. The molecule has 0 bridgehead atoms. The highest BCUT2D eigenvalue weighted by atomic mass is 16.5. The van der Waals surface area contributed by atoms with E-state index in [9.17, 15) is 9.59 Å². The maximum atomic E-state index is 12.8. The Morgan fingerprint density at radius 2 is 1.83 bits per heavy atom. The van der Waals surface area contributed by atoms with Gasteiger partial charge in [0.15, 0.2) is 0 Å². The summed E-state index contributed by atoms with van der Waals surface area (Å²) in [5.41, 5.74) is 4.06. The Balaban J connectivity index is 1.61. The van der Waals surface area contributed by atoms with E-state index in [0.717, 1.165) is 11.1 Å². The molecule has 0 aliphatic carbocycles. The lowest BCUT2D eigenvalue weighted by molar-refractivity contribution is -0.114. The first kappa shape index (κ1) is 19.4. The standard InChI is InChI=1S/C24H20N2O4/c1-15-13-17(24(28)29-3)9-11-20(15)22-12-10-19(30-22)14-21-16(2)25-26(23(21)27)18-7-5-4-6-8-18/h4-14H,1-3H3/b21-14+. The predicted molar refractivity (Wildman–Crippen MR) is 115 cm³/mol. The van der Waals surface area contributed by atoms with Crippen LogP contribution in [-0.2, 0) is 9.53 Å². The van der Waals surface area contributed by atoms with E-state index in [2.05, 4.69) is 5.10 Å². The largest absolute Gasteiger partial charge is 0.465 e. The number of furan rings is 1. The first-order valence-corrected chi connectivity index (χ1v) is 9.44. The monoisotopic (exact) mass is 400 g/mol. The number of rotatable bonds is 4. The summed E-state index contributed by atoms with van der Waals surface area (Å²) in [6.45, 7) is 3.70. The van der Waals surface area contributed by atoms with Crippen molar-refractivity contribution in [3.05, 3.63) is 83.1 Å². The van der Waals surface area contributed by atoms with Crippen LogP contribution in [0.2, 0.25) is 0 Å². The Hall–Kier alpha value is -3.93. The van der Waals surface area contributed by atoms with Crippen molar-refractivity contribution in [1.82, 2.24) is 0 Å². The molecule has 2 aromatic carbocycles. The second-order valence-corrected chi connectivity index (χ2v) is 6.92. The number of methoxy groups -OCH3 is 1. The van der Waals surface area contributed by atoms with Crippen molar-refractivity contribution in [2.45, 2.75) is 13.8 Å². The number of hydrogen-bond donors (Lipinski definition) is 0. The highest BCUT2D eigenvalue weighted by Gasteiger charge is 2.29. The fraction of sp³-hybridized carbons (Fsp3) is 0.125. The van der Waals surface area contributed by atoms with Crippen molar-refractivity contribution in [1.29, 1.82) is 0 Å². The van der Waals surface area contributed by atoms with E-state index in [1.54, 1.807) is 25.1 Å². The fourth-order valence-electron chi connectivity index (χ4n) is 3.33. The Labute approximate surface area is 174 Å². The van der Waals surface area contributed by atoms with Crippen molar-refractivity contribution in [2.75, 3.05) is 12.1 Å². The summed E-state index contributed by atoms with van der Waals surface area (Å²) in [5.74, 6) is 0.618. The molecule has 0 saturated heterocycles. The van der Waals surface area contributed by atoms with Crippen LogP contribution in [0.4, 0.5) is 5.69 Å². The number of aryl methyl sites for hydroxylation is 1. The smallest absolute Gasteiger partial charge is 0.337 e. The van der Waals surface area contributed by atoms with Gasteiger partial charge in [-0.3, -0.25) is 4.79 Å². The van der Waals surface area contributed by atoms with Gasteiger partial charge in [0.1, 0.15) is 11.5 Å². The van der Waals surface area contributed by atoms with Gasteiger partial charge in [-0.2, -0.15) is 10.1 Å². The van der Waals surface area contributed by atoms with E-state index >= 15 is 0 Å². The van der Waals surface area contributed by atoms with Gasteiger partial charge in [0.2, 0.25) is 0 Å². The molecule has 1 aromatic heterocycles. The molecule has 0 spiro atoms. The summed E-state index contributed by atoms with van der Waals surface area (Å²) < 4.78 is 10.7. The summed E-state index contributed by atoms with van der Waals surface area (Å²) in [4.78, 5) is 24.5. The fourth-order valence-corrected chi connectivity index (χ4v) is 3.33. The zero-order chi connectivity index (χ0) is 21.3. The number of carbonyl (C=O) groups excluding carboxylic acids is 2. The Kier molecular flexibility index (Phi) is 5.06. The first-order chi connectivity index (χ1) is 14.5. The zero-order valence-electron chi connectivity index (χ0n) is 16.9.